The van der Waals surface area contributed by atoms with E-state index in [9.17, 15) is 19.8 Å². The summed E-state index contributed by atoms with van der Waals surface area (Å²) in [7, 11) is 0. The third-order valence-corrected chi connectivity index (χ3v) is 17.7. The van der Waals surface area contributed by atoms with E-state index >= 15 is 0 Å². The molecule has 0 fully saturated rings. The Hall–Kier alpha value is -1.92. The van der Waals surface area contributed by atoms with Gasteiger partial charge in [0.15, 0.2) is 0 Å². The SMILES string of the molecule is CCCC/C=C\C/C=C\CCCCCCCC(=O)OCCCCCCCCCCCCCCCCCCCCCCCCCCCCCCCCCCCC(=O)NC(CO)C(O)/C=C/CCCCCCCCCCCCCCCCCCC. The van der Waals surface area contributed by atoms with E-state index < -0.39 is 12.1 Å². The lowest BCUT2D eigenvalue weighted by Crippen LogP contribution is -2.45. The topological polar surface area (TPSA) is 95.9 Å². The molecule has 2 unspecified atom stereocenters. The first-order valence-corrected chi connectivity index (χ1v) is 37.8. The second-order valence-electron chi connectivity index (χ2n) is 26.0. The lowest BCUT2D eigenvalue weighted by molar-refractivity contribution is -0.143. The molecule has 6 nitrogen and oxygen atoms in total. The Morgan fingerprint density at radius 2 is 0.614 bits per heavy atom. The van der Waals surface area contributed by atoms with Gasteiger partial charge in [-0.25, -0.2) is 0 Å². The molecule has 0 aromatic heterocycles. The molecule has 0 saturated carbocycles. The monoisotopic (exact) mass is 1170 g/mol. The summed E-state index contributed by atoms with van der Waals surface area (Å²) < 4.78 is 5.49. The number of unbranched alkanes of at least 4 members (excludes halogenated alkanes) is 56. The molecule has 0 aliphatic heterocycles. The highest BCUT2D eigenvalue weighted by Crippen LogP contribution is 2.19. The lowest BCUT2D eigenvalue weighted by atomic mass is 10.0. The van der Waals surface area contributed by atoms with Crippen molar-refractivity contribution < 1.29 is 24.5 Å². The van der Waals surface area contributed by atoms with Gasteiger partial charge in [0.1, 0.15) is 0 Å². The number of carbonyl (C=O) groups excluding carboxylic acids is 2. The highest BCUT2D eigenvalue weighted by Gasteiger charge is 2.18. The molecule has 0 saturated heterocycles. The molecule has 0 spiro atoms. The number of hydrogen-bond acceptors (Lipinski definition) is 5. The average molecular weight is 1170 g/mol. The van der Waals surface area contributed by atoms with Gasteiger partial charge in [-0.15, -0.1) is 0 Å². The second kappa shape index (κ2) is 72.6. The van der Waals surface area contributed by atoms with Crippen LogP contribution in [0.25, 0.3) is 0 Å². The van der Waals surface area contributed by atoms with Crippen LogP contribution in [0.4, 0.5) is 0 Å². The van der Waals surface area contributed by atoms with Crippen LogP contribution in [0.5, 0.6) is 0 Å². The zero-order valence-corrected chi connectivity index (χ0v) is 56.2. The fourth-order valence-corrected chi connectivity index (χ4v) is 11.9. The Morgan fingerprint density at radius 1 is 0.337 bits per heavy atom. The Kier molecular flexibility index (Phi) is 70.9. The molecular weight excluding hydrogens is 1020 g/mol. The molecule has 0 aromatic rings. The van der Waals surface area contributed by atoms with Crippen LogP contribution in [0.2, 0.25) is 0 Å². The van der Waals surface area contributed by atoms with Crippen molar-refractivity contribution >= 4 is 11.9 Å². The summed E-state index contributed by atoms with van der Waals surface area (Å²) in [6.45, 7) is 4.90. The van der Waals surface area contributed by atoms with Gasteiger partial charge in [-0.05, 0) is 57.8 Å². The molecule has 0 heterocycles. The van der Waals surface area contributed by atoms with Gasteiger partial charge in [0, 0.05) is 12.8 Å². The zero-order valence-electron chi connectivity index (χ0n) is 56.2. The predicted octanol–water partition coefficient (Wildman–Crippen LogP) is 24.7. The minimum atomic E-state index is -0.842. The molecule has 0 rings (SSSR count). The number of aliphatic hydroxyl groups excluding tert-OH is 2. The van der Waals surface area contributed by atoms with Gasteiger partial charge in [-0.1, -0.05) is 384 Å². The number of nitrogens with one attached hydrogen (secondary N) is 1. The average Bonchev–Trinajstić information content (AvgIpc) is 3.48. The Morgan fingerprint density at radius 3 is 0.952 bits per heavy atom. The second-order valence-corrected chi connectivity index (χ2v) is 26.0. The van der Waals surface area contributed by atoms with Crippen molar-refractivity contribution in [2.24, 2.45) is 0 Å². The number of esters is 1. The van der Waals surface area contributed by atoms with E-state index in [0.717, 1.165) is 51.4 Å². The van der Waals surface area contributed by atoms with Crippen molar-refractivity contribution in [2.45, 2.75) is 431 Å². The van der Waals surface area contributed by atoms with Crippen LogP contribution >= 0.6 is 0 Å². The number of aliphatic hydroxyl groups is 2. The van der Waals surface area contributed by atoms with Crippen LogP contribution < -0.4 is 5.32 Å². The van der Waals surface area contributed by atoms with Crippen LogP contribution in [0, 0.1) is 0 Å². The summed E-state index contributed by atoms with van der Waals surface area (Å²) >= 11 is 0. The van der Waals surface area contributed by atoms with E-state index in [2.05, 4.69) is 43.5 Å². The van der Waals surface area contributed by atoms with Gasteiger partial charge in [0.25, 0.3) is 0 Å². The summed E-state index contributed by atoms with van der Waals surface area (Å²) in [5.74, 6) is -0.0522. The molecule has 490 valence electrons. The van der Waals surface area contributed by atoms with Gasteiger partial charge in [-0.3, -0.25) is 9.59 Å². The molecule has 83 heavy (non-hydrogen) atoms. The first kappa shape index (κ1) is 81.1. The zero-order chi connectivity index (χ0) is 59.9. The van der Waals surface area contributed by atoms with E-state index in [1.807, 2.05) is 6.08 Å². The molecular formula is C77H147NO5. The fourth-order valence-electron chi connectivity index (χ4n) is 11.9. The summed E-state index contributed by atoms with van der Waals surface area (Å²) in [5, 5.41) is 23.3. The maximum absolute atomic E-state index is 12.5. The first-order chi connectivity index (χ1) is 41.0. The lowest BCUT2D eigenvalue weighted by Gasteiger charge is -2.20. The molecule has 0 bridgehead atoms. The van der Waals surface area contributed by atoms with Crippen molar-refractivity contribution in [3.8, 4) is 0 Å². The van der Waals surface area contributed by atoms with E-state index in [1.165, 1.54) is 340 Å². The van der Waals surface area contributed by atoms with Crippen molar-refractivity contribution in [2.75, 3.05) is 13.2 Å². The third-order valence-electron chi connectivity index (χ3n) is 17.7. The van der Waals surface area contributed by atoms with Gasteiger partial charge >= 0.3 is 5.97 Å². The minimum Gasteiger partial charge on any atom is -0.466 e. The highest BCUT2D eigenvalue weighted by atomic mass is 16.5. The van der Waals surface area contributed by atoms with Gasteiger partial charge < -0.3 is 20.3 Å². The molecule has 0 aliphatic carbocycles. The van der Waals surface area contributed by atoms with Crippen LogP contribution in [0.1, 0.15) is 418 Å². The minimum absolute atomic E-state index is 0.00722. The Balaban J connectivity index is 3.34. The number of carbonyl (C=O) groups is 2. The summed E-state index contributed by atoms with van der Waals surface area (Å²) in [6.07, 6.45) is 94.0. The van der Waals surface area contributed by atoms with Gasteiger partial charge in [0.05, 0.1) is 25.4 Å². The quantitative estimate of drug-likeness (QED) is 0.0320. The Labute approximate surface area is 519 Å². The highest BCUT2D eigenvalue weighted by molar-refractivity contribution is 5.76. The van der Waals surface area contributed by atoms with E-state index in [1.54, 1.807) is 6.08 Å². The summed E-state index contributed by atoms with van der Waals surface area (Å²) in [6, 6.07) is -0.625. The van der Waals surface area contributed by atoms with E-state index in [-0.39, 0.29) is 18.5 Å². The van der Waals surface area contributed by atoms with Crippen LogP contribution in [0.15, 0.2) is 36.5 Å². The van der Waals surface area contributed by atoms with Crippen LogP contribution in [-0.4, -0.2) is 47.4 Å². The molecule has 1 amide bonds. The van der Waals surface area contributed by atoms with Crippen molar-refractivity contribution in [1.82, 2.24) is 5.32 Å². The molecule has 6 heteroatoms. The predicted molar refractivity (Wildman–Crippen MR) is 366 cm³/mol. The first-order valence-electron chi connectivity index (χ1n) is 37.8. The standard InChI is InChI=1S/C77H147NO5/c1-3-5-7-9-11-13-15-17-19-20-36-39-42-45-49-53-57-61-65-69-75(80)74(73-79)78-76(81)70-66-62-58-54-50-46-43-40-37-34-32-30-28-26-24-22-21-23-25-27-29-31-33-35-38-41-44-48-52-56-60-64-68-72-83-77(82)71-67-63-59-55-51-47-18-16-14-12-10-8-6-4-2/h10,12,16,18,65,69,74-75,79-80H,3-9,11,13-15,17,19-64,66-68,70-73H2,1-2H3,(H,78,81)/b12-10-,18-16-,69-65+. The normalized spacial score (nSPS) is 12.7. The van der Waals surface area contributed by atoms with Crippen molar-refractivity contribution in [3.05, 3.63) is 36.5 Å². The van der Waals surface area contributed by atoms with Gasteiger partial charge in [-0.2, -0.15) is 0 Å². The molecule has 0 radical (unpaired) electrons. The largest absolute Gasteiger partial charge is 0.466 e. The number of amides is 1. The molecule has 0 aliphatic rings. The van der Waals surface area contributed by atoms with Gasteiger partial charge in [0.2, 0.25) is 5.91 Å². The fraction of sp³-hybridized carbons (Fsp3) is 0.896. The number of hydrogen-bond donors (Lipinski definition) is 3. The number of rotatable bonds is 71. The van der Waals surface area contributed by atoms with Crippen LogP contribution in [0.3, 0.4) is 0 Å². The molecule has 3 N–H and O–H groups in total. The number of allylic oxidation sites excluding steroid dienone is 5. The summed E-state index contributed by atoms with van der Waals surface area (Å²) in [5.41, 5.74) is 0. The van der Waals surface area contributed by atoms with Crippen molar-refractivity contribution in [1.29, 1.82) is 0 Å². The molecule has 2 atom stereocenters. The smallest absolute Gasteiger partial charge is 0.305 e. The Bertz CT molecular complexity index is 1340. The molecule has 0 aromatic carbocycles. The number of ether oxygens (including phenoxy) is 1. The van der Waals surface area contributed by atoms with E-state index in [0.29, 0.717) is 19.4 Å². The van der Waals surface area contributed by atoms with E-state index in [4.69, 9.17) is 4.74 Å². The maximum Gasteiger partial charge on any atom is 0.305 e. The summed E-state index contributed by atoms with van der Waals surface area (Å²) in [4.78, 5) is 24.6. The van der Waals surface area contributed by atoms with Crippen molar-refractivity contribution in [3.63, 3.8) is 0 Å². The third kappa shape index (κ3) is 69.1. The maximum atomic E-state index is 12.5. The van der Waals surface area contributed by atoms with Crippen LogP contribution in [-0.2, 0) is 14.3 Å².